The molecule has 2 rings (SSSR count). The first-order valence-corrected chi connectivity index (χ1v) is 5.59. The maximum Gasteiger partial charge on any atom is 0.335 e. The first kappa shape index (κ1) is 12.6. The van der Waals surface area contributed by atoms with Gasteiger partial charge in [0.1, 0.15) is 5.82 Å². The fourth-order valence-electron chi connectivity index (χ4n) is 1.55. The Morgan fingerprint density at radius 2 is 1.94 bits per heavy atom. The summed E-state index contributed by atoms with van der Waals surface area (Å²) in [5, 5.41) is 7.10. The Morgan fingerprint density at radius 1 is 1.17 bits per heavy atom. The number of carbonyl (C=O) groups is 2. The molecular weight excluding hydrogens is 259 g/mol. The number of hydrogen-bond acceptors (Lipinski definition) is 3. The van der Waals surface area contributed by atoms with Gasteiger partial charge < -0.3 is 0 Å². The third kappa shape index (κ3) is 2.68. The smallest absolute Gasteiger partial charge is 0.284 e. The van der Waals surface area contributed by atoms with Gasteiger partial charge in [-0.25, -0.2) is 4.39 Å². The molecule has 92 valence electrons. The highest BCUT2D eigenvalue weighted by molar-refractivity contribution is 6.41. The van der Waals surface area contributed by atoms with Gasteiger partial charge in [-0.1, -0.05) is 17.7 Å². The van der Waals surface area contributed by atoms with Crippen LogP contribution in [0.15, 0.2) is 40.2 Å². The summed E-state index contributed by atoms with van der Waals surface area (Å²) in [5.41, 5.74) is 0.707. The summed E-state index contributed by atoms with van der Waals surface area (Å²) in [6.45, 7) is 0. The summed E-state index contributed by atoms with van der Waals surface area (Å²) in [6, 6.07) is 4.42. The Kier molecular flexibility index (Phi) is 3.62. The van der Waals surface area contributed by atoms with Gasteiger partial charge in [-0.2, -0.15) is 5.11 Å². The average molecular weight is 267 g/mol. The first-order chi connectivity index (χ1) is 8.58. The van der Waals surface area contributed by atoms with E-state index < -0.39 is 17.5 Å². The van der Waals surface area contributed by atoms with E-state index in [2.05, 4.69) is 10.2 Å². The van der Waals surface area contributed by atoms with E-state index in [4.69, 9.17) is 11.6 Å². The van der Waals surface area contributed by atoms with E-state index in [-0.39, 0.29) is 6.42 Å². The molecule has 1 aliphatic heterocycles. The van der Waals surface area contributed by atoms with Crippen LogP contribution < -0.4 is 0 Å². The van der Waals surface area contributed by atoms with Crippen molar-refractivity contribution in [3.8, 4) is 0 Å². The Hall–Kier alpha value is -1.88. The summed E-state index contributed by atoms with van der Waals surface area (Å²) >= 11 is 5.86. The van der Waals surface area contributed by atoms with E-state index in [1.54, 1.807) is 6.07 Å². The highest BCUT2D eigenvalue weighted by Crippen LogP contribution is 2.22. The zero-order valence-corrected chi connectivity index (χ0v) is 9.95. The van der Waals surface area contributed by atoms with Crippen LogP contribution in [-0.4, -0.2) is 11.7 Å². The molecule has 0 fully saturated rings. The molecule has 1 aromatic rings. The molecule has 0 saturated carbocycles. The molecule has 0 radical (unpaired) electrons. The lowest BCUT2D eigenvalue weighted by atomic mass is 10.1. The van der Waals surface area contributed by atoms with Gasteiger partial charge in [-0.05, 0) is 25.0 Å². The molecule has 0 N–H and O–H groups in total. The second-order valence-corrected chi connectivity index (χ2v) is 4.11. The lowest BCUT2D eigenvalue weighted by molar-refractivity contribution is -0.133. The van der Waals surface area contributed by atoms with Gasteiger partial charge >= 0.3 is 5.91 Å². The molecule has 1 heterocycles. The standard InChI is InChI=1S/C12H8ClFN2O2/c13-9-2-1-3-10(14)8(9)5-4-7-6-11(17)12(18)16-15-7/h1-3,6H,4-5H2. The van der Waals surface area contributed by atoms with Crippen molar-refractivity contribution in [1.29, 1.82) is 0 Å². The number of carbonyl (C=O) groups excluding carboxylic acids is 2. The SMILES string of the molecule is O=C1C=C(CCc2c(F)cccc2Cl)N=NC1=O. The van der Waals surface area contributed by atoms with Crippen molar-refractivity contribution in [3.63, 3.8) is 0 Å². The van der Waals surface area contributed by atoms with Crippen LogP contribution in [0.25, 0.3) is 0 Å². The molecule has 1 aromatic carbocycles. The number of nitrogens with zero attached hydrogens (tertiary/aromatic N) is 2. The maximum atomic E-state index is 13.5. The van der Waals surface area contributed by atoms with Crippen molar-refractivity contribution in [2.24, 2.45) is 10.2 Å². The van der Waals surface area contributed by atoms with Crippen LogP contribution in [0.3, 0.4) is 0 Å². The van der Waals surface area contributed by atoms with Crippen LogP contribution >= 0.6 is 11.6 Å². The van der Waals surface area contributed by atoms with Gasteiger partial charge in [0.05, 0.1) is 5.70 Å². The molecule has 18 heavy (non-hydrogen) atoms. The van der Waals surface area contributed by atoms with Gasteiger partial charge in [-0.3, -0.25) is 9.59 Å². The number of rotatable bonds is 3. The summed E-state index contributed by atoms with van der Waals surface area (Å²) < 4.78 is 13.5. The minimum absolute atomic E-state index is 0.290. The third-order valence-electron chi connectivity index (χ3n) is 2.47. The van der Waals surface area contributed by atoms with Crippen LogP contribution in [0.2, 0.25) is 5.02 Å². The number of hydrogen-bond donors (Lipinski definition) is 0. The molecule has 0 saturated heterocycles. The Bertz CT molecular complexity index is 561. The summed E-state index contributed by atoms with van der Waals surface area (Å²) in [4.78, 5) is 21.9. The monoisotopic (exact) mass is 266 g/mol. The molecule has 0 atom stereocenters. The van der Waals surface area contributed by atoms with Crippen LogP contribution in [0.1, 0.15) is 12.0 Å². The van der Waals surface area contributed by atoms with E-state index >= 15 is 0 Å². The molecule has 0 aliphatic carbocycles. The minimum Gasteiger partial charge on any atom is -0.284 e. The van der Waals surface area contributed by atoms with Crippen molar-refractivity contribution >= 4 is 23.3 Å². The van der Waals surface area contributed by atoms with E-state index in [0.717, 1.165) is 6.08 Å². The Labute approximate surface area is 107 Å². The molecule has 4 nitrogen and oxygen atoms in total. The predicted molar refractivity (Wildman–Crippen MR) is 62.7 cm³/mol. The fraction of sp³-hybridized carbons (Fsp3) is 0.167. The summed E-state index contributed by atoms with van der Waals surface area (Å²) in [7, 11) is 0. The molecule has 1 aliphatic rings. The quantitative estimate of drug-likeness (QED) is 0.790. The fourth-order valence-corrected chi connectivity index (χ4v) is 1.80. The van der Waals surface area contributed by atoms with Gasteiger partial charge in [0, 0.05) is 16.7 Å². The molecule has 0 unspecified atom stereocenters. The maximum absolute atomic E-state index is 13.5. The van der Waals surface area contributed by atoms with E-state index in [1.807, 2.05) is 0 Å². The van der Waals surface area contributed by atoms with Crippen LogP contribution in [-0.2, 0) is 16.0 Å². The number of amides is 1. The molecule has 1 amide bonds. The Balaban J connectivity index is 2.09. The number of azo groups is 1. The van der Waals surface area contributed by atoms with Crippen molar-refractivity contribution < 1.29 is 14.0 Å². The van der Waals surface area contributed by atoms with Crippen molar-refractivity contribution in [2.45, 2.75) is 12.8 Å². The van der Waals surface area contributed by atoms with Gasteiger partial charge in [0.15, 0.2) is 0 Å². The molecular formula is C12H8ClFN2O2. The van der Waals surface area contributed by atoms with E-state index in [1.165, 1.54) is 12.1 Å². The van der Waals surface area contributed by atoms with Gasteiger partial charge in [-0.15, -0.1) is 5.11 Å². The highest BCUT2D eigenvalue weighted by atomic mass is 35.5. The van der Waals surface area contributed by atoms with E-state index in [0.29, 0.717) is 22.7 Å². The lowest BCUT2D eigenvalue weighted by Gasteiger charge is -2.06. The number of benzene rings is 1. The second kappa shape index (κ2) is 5.18. The number of halogens is 2. The largest absolute Gasteiger partial charge is 0.335 e. The van der Waals surface area contributed by atoms with Crippen LogP contribution in [0.4, 0.5) is 4.39 Å². The van der Waals surface area contributed by atoms with Crippen molar-refractivity contribution in [1.82, 2.24) is 0 Å². The average Bonchev–Trinajstić information content (AvgIpc) is 2.33. The summed E-state index contributed by atoms with van der Waals surface area (Å²) in [6.07, 6.45) is 1.70. The molecule has 6 heteroatoms. The predicted octanol–water partition coefficient (Wildman–Crippen LogP) is 2.86. The Morgan fingerprint density at radius 3 is 2.61 bits per heavy atom. The van der Waals surface area contributed by atoms with Gasteiger partial charge in [0.25, 0.3) is 0 Å². The molecule has 0 aromatic heterocycles. The zero-order chi connectivity index (χ0) is 13.1. The van der Waals surface area contributed by atoms with Crippen molar-refractivity contribution in [3.05, 3.63) is 46.4 Å². The van der Waals surface area contributed by atoms with Crippen molar-refractivity contribution in [2.75, 3.05) is 0 Å². The number of ketones is 1. The third-order valence-corrected chi connectivity index (χ3v) is 2.82. The topological polar surface area (TPSA) is 58.9 Å². The second-order valence-electron chi connectivity index (χ2n) is 3.71. The van der Waals surface area contributed by atoms with Gasteiger partial charge in [0.2, 0.25) is 5.78 Å². The minimum atomic E-state index is -0.886. The lowest BCUT2D eigenvalue weighted by Crippen LogP contribution is -2.11. The zero-order valence-electron chi connectivity index (χ0n) is 9.19. The van der Waals surface area contributed by atoms with Crippen LogP contribution in [0, 0.1) is 5.82 Å². The number of allylic oxidation sites excluding steroid dienone is 1. The first-order valence-electron chi connectivity index (χ1n) is 5.21. The molecule has 0 spiro atoms. The van der Waals surface area contributed by atoms with E-state index in [9.17, 15) is 14.0 Å². The summed E-state index contributed by atoms with van der Waals surface area (Å²) in [5.74, 6) is -2.00. The molecule has 0 bridgehead atoms. The normalized spacial score (nSPS) is 14.9. The van der Waals surface area contributed by atoms with Crippen LogP contribution in [0.5, 0.6) is 0 Å². The highest BCUT2D eigenvalue weighted by Gasteiger charge is 2.17.